The Morgan fingerprint density at radius 2 is 2.08 bits per heavy atom. The maximum absolute atomic E-state index is 5.82. The van der Waals surface area contributed by atoms with E-state index in [-0.39, 0.29) is 5.60 Å². The Hall–Kier alpha value is -0.460. The van der Waals surface area contributed by atoms with E-state index in [0.29, 0.717) is 0 Å². The van der Waals surface area contributed by atoms with Gasteiger partial charge in [-0.1, -0.05) is 6.58 Å². The smallest absolute Gasteiger partial charge is 0.109 e. The Kier molecular flexibility index (Phi) is 0.899. The summed E-state index contributed by atoms with van der Waals surface area (Å²) in [5.74, 6) is 3.10. The van der Waals surface area contributed by atoms with Crippen molar-refractivity contribution in [3.05, 3.63) is 12.8 Å². The second-order valence-corrected chi connectivity index (χ2v) is 5.78. The van der Waals surface area contributed by atoms with Gasteiger partial charge in [0.25, 0.3) is 0 Å². The lowest BCUT2D eigenvalue weighted by molar-refractivity contribution is -0.0176. The van der Waals surface area contributed by atoms with E-state index in [1.54, 1.807) is 6.26 Å². The van der Waals surface area contributed by atoms with E-state index in [0.717, 1.165) is 23.2 Å². The molecular formula is C12H16O. The molecule has 1 nitrogen and oxygen atoms in total. The van der Waals surface area contributed by atoms with E-state index >= 15 is 0 Å². The van der Waals surface area contributed by atoms with Crippen molar-refractivity contribution in [3.63, 3.8) is 0 Å². The number of fused-ring (bicyclic) bond motifs is 1. The first-order valence-electron chi connectivity index (χ1n) is 5.57. The van der Waals surface area contributed by atoms with Crippen LogP contribution in [0.2, 0.25) is 0 Å². The molecule has 0 saturated heterocycles. The standard InChI is InChI=1S/C12H16O/c1-2-13-11-3-8-4-12(10(8)7-11)6-9(12)5-11/h2,8-10H,1,3-7H2/t8?,9?,10?,11-,12?/m0/s1. The van der Waals surface area contributed by atoms with Crippen LogP contribution in [0.3, 0.4) is 0 Å². The van der Waals surface area contributed by atoms with Gasteiger partial charge in [-0.15, -0.1) is 0 Å². The molecular weight excluding hydrogens is 160 g/mol. The third kappa shape index (κ3) is 0.580. The van der Waals surface area contributed by atoms with Crippen molar-refractivity contribution in [2.75, 3.05) is 0 Å². The Morgan fingerprint density at radius 1 is 1.15 bits per heavy atom. The molecule has 4 aliphatic carbocycles. The lowest BCUT2D eigenvalue weighted by Crippen LogP contribution is -2.39. The normalized spacial score (nSPS) is 65.1. The van der Waals surface area contributed by atoms with Crippen molar-refractivity contribution >= 4 is 0 Å². The molecule has 0 aromatic heterocycles. The summed E-state index contributed by atoms with van der Waals surface area (Å²) in [6.07, 6.45) is 8.76. The van der Waals surface area contributed by atoms with Crippen molar-refractivity contribution in [1.29, 1.82) is 0 Å². The number of ether oxygens (including phenoxy) is 1. The molecule has 4 rings (SSSR count). The van der Waals surface area contributed by atoms with Crippen molar-refractivity contribution in [2.45, 2.75) is 37.7 Å². The molecule has 4 saturated carbocycles. The molecule has 0 N–H and O–H groups in total. The highest BCUT2D eigenvalue weighted by molar-refractivity contribution is 5.26. The maximum atomic E-state index is 5.82. The molecule has 1 heteroatoms. The summed E-state index contributed by atoms with van der Waals surface area (Å²) in [5.41, 5.74) is 1.10. The van der Waals surface area contributed by atoms with E-state index in [1.807, 2.05) is 0 Å². The first kappa shape index (κ1) is 6.92. The topological polar surface area (TPSA) is 9.23 Å². The fourth-order valence-corrected chi connectivity index (χ4v) is 4.95. The molecule has 1 spiro atoms. The van der Waals surface area contributed by atoms with Crippen LogP contribution in [0.5, 0.6) is 0 Å². The van der Waals surface area contributed by atoms with Crippen molar-refractivity contribution in [1.82, 2.24) is 0 Å². The van der Waals surface area contributed by atoms with Crippen molar-refractivity contribution < 1.29 is 4.74 Å². The van der Waals surface area contributed by atoms with Crippen LogP contribution < -0.4 is 0 Å². The third-order valence-electron chi connectivity index (χ3n) is 5.41. The Morgan fingerprint density at radius 3 is 2.92 bits per heavy atom. The summed E-state index contributed by atoms with van der Waals surface area (Å²) in [6.45, 7) is 3.72. The van der Waals surface area contributed by atoms with E-state index in [9.17, 15) is 0 Å². The van der Waals surface area contributed by atoms with Gasteiger partial charge < -0.3 is 4.74 Å². The quantitative estimate of drug-likeness (QED) is 0.588. The number of hydrogen-bond acceptors (Lipinski definition) is 1. The highest BCUT2D eigenvalue weighted by Gasteiger charge is 2.77. The zero-order chi connectivity index (χ0) is 8.68. The number of rotatable bonds is 2. The van der Waals surface area contributed by atoms with Crippen molar-refractivity contribution in [3.8, 4) is 0 Å². The minimum Gasteiger partial charge on any atom is -0.495 e. The lowest BCUT2D eigenvalue weighted by atomic mass is 9.61. The van der Waals surface area contributed by atoms with E-state index < -0.39 is 0 Å². The van der Waals surface area contributed by atoms with E-state index in [4.69, 9.17) is 4.74 Å². The van der Waals surface area contributed by atoms with Gasteiger partial charge in [0.1, 0.15) is 5.60 Å². The summed E-state index contributed by atoms with van der Waals surface area (Å²) >= 11 is 0. The summed E-state index contributed by atoms with van der Waals surface area (Å²) < 4.78 is 5.82. The van der Waals surface area contributed by atoms with Crippen LogP contribution in [0.15, 0.2) is 12.8 Å². The van der Waals surface area contributed by atoms with Gasteiger partial charge in [-0.05, 0) is 55.3 Å². The molecule has 0 aromatic carbocycles. The monoisotopic (exact) mass is 176 g/mol. The molecule has 2 bridgehead atoms. The fraction of sp³-hybridized carbons (Fsp3) is 0.833. The highest BCUT2D eigenvalue weighted by atomic mass is 16.5. The first-order valence-corrected chi connectivity index (χ1v) is 5.57. The molecule has 70 valence electrons. The largest absolute Gasteiger partial charge is 0.495 e. The zero-order valence-electron chi connectivity index (χ0n) is 7.96. The summed E-state index contributed by atoms with van der Waals surface area (Å²) in [7, 11) is 0. The molecule has 0 amide bonds. The van der Waals surface area contributed by atoms with Gasteiger partial charge in [-0.2, -0.15) is 0 Å². The zero-order valence-corrected chi connectivity index (χ0v) is 7.96. The predicted octanol–water partition coefficient (Wildman–Crippen LogP) is 2.73. The second-order valence-electron chi connectivity index (χ2n) is 5.78. The van der Waals surface area contributed by atoms with Gasteiger partial charge in [0.15, 0.2) is 0 Å². The Balaban J connectivity index is 1.73. The number of hydrogen-bond donors (Lipinski definition) is 0. The van der Waals surface area contributed by atoms with E-state index in [1.165, 1.54) is 32.1 Å². The van der Waals surface area contributed by atoms with Gasteiger partial charge in [-0.25, -0.2) is 0 Å². The molecule has 0 aliphatic heterocycles. The Bertz CT molecular complexity index is 293. The molecule has 0 heterocycles. The average Bonchev–Trinajstić information content (AvgIpc) is 2.72. The predicted molar refractivity (Wildman–Crippen MR) is 50.0 cm³/mol. The summed E-state index contributed by atoms with van der Waals surface area (Å²) in [5, 5.41) is 0. The molecule has 0 aromatic rings. The van der Waals surface area contributed by atoms with Gasteiger partial charge in [0.2, 0.25) is 0 Å². The van der Waals surface area contributed by atoms with Gasteiger partial charge in [0, 0.05) is 0 Å². The first-order chi connectivity index (χ1) is 6.28. The van der Waals surface area contributed by atoms with Crippen molar-refractivity contribution in [2.24, 2.45) is 23.2 Å². The molecule has 4 unspecified atom stereocenters. The third-order valence-corrected chi connectivity index (χ3v) is 5.41. The highest BCUT2D eigenvalue weighted by Crippen LogP contribution is 2.82. The molecule has 4 aliphatic rings. The molecule has 5 atom stereocenters. The van der Waals surface area contributed by atoms with Crippen LogP contribution in [0.25, 0.3) is 0 Å². The van der Waals surface area contributed by atoms with Crippen LogP contribution in [0.1, 0.15) is 32.1 Å². The summed E-state index contributed by atoms with van der Waals surface area (Å²) in [6, 6.07) is 0. The minimum absolute atomic E-state index is 0.248. The molecule has 0 radical (unpaired) electrons. The Labute approximate surface area is 79.2 Å². The van der Waals surface area contributed by atoms with Crippen LogP contribution in [-0.4, -0.2) is 5.60 Å². The summed E-state index contributed by atoms with van der Waals surface area (Å²) in [4.78, 5) is 0. The van der Waals surface area contributed by atoms with Gasteiger partial charge >= 0.3 is 0 Å². The van der Waals surface area contributed by atoms with Crippen LogP contribution in [-0.2, 0) is 4.74 Å². The molecule has 13 heavy (non-hydrogen) atoms. The minimum atomic E-state index is 0.248. The molecule has 4 fully saturated rings. The van der Waals surface area contributed by atoms with Crippen LogP contribution in [0.4, 0.5) is 0 Å². The SMILES string of the molecule is C=CO[C@@]12CC3CC4(CC4C1)C3C2. The van der Waals surface area contributed by atoms with Gasteiger partial charge in [0.05, 0.1) is 6.26 Å². The average molecular weight is 176 g/mol. The van der Waals surface area contributed by atoms with Crippen LogP contribution >= 0.6 is 0 Å². The van der Waals surface area contributed by atoms with Gasteiger partial charge in [-0.3, -0.25) is 0 Å². The lowest BCUT2D eigenvalue weighted by Gasteiger charge is -2.44. The fourth-order valence-electron chi connectivity index (χ4n) is 4.95. The van der Waals surface area contributed by atoms with Crippen LogP contribution in [0, 0.1) is 23.2 Å². The van der Waals surface area contributed by atoms with E-state index in [2.05, 4.69) is 6.58 Å². The second kappa shape index (κ2) is 1.69. The maximum Gasteiger partial charge on any atom is 0.109 e.